The highest BCUT2D eigenvalue weighted by Gasteiger charge is 2.28. The van der Waals surface area contributed by atoms with Crippen molar-refractivity contribution in [2.75, 3.05) is 5.32 Å². The Balaban J connectivity index is 1.26. The van der Waals surface area contributed by atoms with E-state index in [4.69, 9.17) is 14.8 Å². The number of ether oxygens (including phenoxy) is 1. The lowest BCUT2D eigenvalue weighted by Gasteiger charge is -2.29. The van der Waals surface area contributed by atoms with Crippen LogP contribution in [0.3, 0.4) is 0 Å². The van der Waals surface area contributed by atoms with Gasteiger partial charge in [-0.3, -0.25) is 14.2 Å². The van der Waals surface area contributed by atoms with Gasteiger partial charge in [0.2, 0.25) is 5.88 Å². The molecule has 0 aromatic carbocycles. The molecule has 10 nitrogen and oxygen atoms in total. The fraction of sp³-hybridized carbons (Fsp3) is 0.480. The van der Waals surface area contributed by atoms with Gasteiger partial charge < -0.3 is 10.1 Å². The molecule has 1 N–H and O–H groups in total. The van der Waals surface area contributed by atoms with Crippen molar-refractivity contribution in [2.24, 2.45) is 14.1 Å². The summed E-state index contributed by atoms with van der Waals surface area (Å²) in [6.45, 7) is 0. The molecule has 2 aliphatic rings. The number of rotatable bonds is 6. The average molecular weight is 475 g/mol. The molecule has 2 fully saturated rings. The number of hydrogen-bond acceptors (Lipinski definition) is 7. The second-order valence-electron chi connectivity index (χ2n) is 9.74. The normalized spacial score (nSPS) is 20.6. The first-order chi connectivity index (χ1) is 17.0. The van der Waals surface area contributed by atoms with Gasteiger partial charge in [0.25, 0.3) is 5.56 Å². The fourth-order valence-electron chi connectivity index (χ4n) is 5.03. The highest BCUT2D eigenvalue weighted by molar-refractivity contribution is 5.93. The Bertz CT molecular complexity index is 1410. The van der Waals surface area contributed by atoms with E-state index in [1.165, 1.54) is 30.0 Å². The maximum atomic E-state index is 11.6. The Morgan fingerprint density at radius 2 is 1.86 bits per heavy atom. The van der Waals surface area contributed by atoms with Crippen LogP contribution in [0, 0.1) is 0 Å². The van der Waals surface area contributed by atoms with Gasteiger partial charge in [0, 0.05) is 61.7 Å². The summed E-state index contributed by atoms with van der Waals surface area (Å²) in [6, 6.07) is 6.09. The van der Waals surface area contributed by atoms with Crippen molar-refractivity contribution >= 4 is 16.7 Å². The third-order valence-corrected chi connectivity index (χ3v) is 7.24. The van der Waals surface area contributed by atoms with E-state index in [1.54, 1.807) is 17.8 Å². The molecule has 0 aliphatic heterocycles. The lowest BCUT2D eigenvalue weighted by molar-refractivity contribution is 0.123. The summed E-state index contributed by atoms with van der Waals surface area (Å²) < 4.78 is 11.4. The minimum Gasteiger partial charge on any atom is -0.473 e. The van der Waals surface area contributed by atoms with Crippen LogP contribution in [0.4, 0.5) is 5.82 Å². The van der Waals surface area contributed by atoms with Gasteiger partial charge in [0.1, 0.15) is 17.6 Å². The highest BCUT2D eigenvalue weighted by Crippen LogP contribution is 2.36. The van der Waals surface area contributed by atoms with E-state index < -0.39 is 0 Å². The number of aromatic nitrogens is 7. The minimum atomic E-state index is -0.142. The molecule has 6 rings (SSSR count). The smallest absolute Gasteiger partial charge is 0.266 e. The van der Waals surface area contributed by atoms with E-state index in [2.05, 4.69) is 26.3 Å². The second-order valence-corrected chi connectivity index (χ2v) is 9.74. The zero-order valence-corrected chi connectivity index (χ0v) is 20.1. The van der Waals surface area contributed by atoms with Crippen molar-refractivity contribution in [3.05, 3.63) is 47.1 Å². The summed E-state index contributed by atoms with van der Waals surface area (Å²) in [4.78, 5) is 16.3. The van der Waals surface area contributed by atoms with E-state index >= 15 is 0 Å². The van der Waals surface area contributed by atoms with Gasteiger partial charge >= 0.3 is 0 Å². The van der Waals surface area contributed by atoms with Gasteiger partial charge in [-0.1, -0.05) is 0 Å². The van der Waals surface area contributed by atoms with E-state index in [-0.39, 0.29) is 17.7 Å². The van der Waals surface area contributed by atoms with Crippen LogP contribution in [0.5, 0.6) is 5.88 Å². The molecule has 10 heteroatoms. The van der Waals surface area contributed by atoms with Crippen molar-refractivity contribution in [1.29, 1.82) is 0 Å². The van der Waals surface area contributed by atoms with Gasteiger partial charge in [-0.2, -0.15) is 10.2 Å². The lowest BCUT2D eigenvalue weighted by Crippen LogP contribution is -2.28. The van der Waals surface area contributed by atoms with E-state index in [0.717, 1.165) is 53.7 Å². The van der Waals surface area contributed by atoms with Crippen LogP contribution < -0.4 is 15.6 Å². The monoisotopic (exact) mass is 474 g/mol. The average Bonchev–Trinajstić information content (AvgIpc) is 3.42. The standard InChI is InChI=1S/C25H30N8O2/c1-31-15-16(13-27-31)25-20-14-26-22(28-17-4-3-5-17)12-21(20)33(30-25)18-6-8-19(9-7-18)35-23-10-11-24(34)32(2)29-23/h10-15,17-19H,3-9H2,1-2H3,(H,26,28). The number of anilines is 1. The first-order valence-corrected chi connectivity index (χ1v) is 12.4. The summed E-state index contributed by atoms with van der Waals surface area (Å²) in [5.41, 5.74) is 2.88. The molecule has 4 aromatic heterocycles. The Morgan fingerprint density at radius 3 is 2.54 bits per heavy atom. The van der Waals surface area contributed by atoms with Crippen LogP contribution in [-0.2, 0) is 14.1 Å². The predicted octanol–water partition coefficient (Wildman–Crippen LogP) is 3.45. The van der Waals surface area contributed by atoms with Crippen molar-refractivity contribution in [3.63, 3.8) is 0 Å². The molecule has 4 aromatic rings. The third-order valence-electron chi connectivity index (χ3n) is 7.24. The number of nitrogens with zero attached hydrogens (tertiary/aromatic N) is 7. The predicted molar refractivity (Wildman–Crippen MR) is 132 cm³/mol. The second kappa shape index (κ2) is 8.83. The van der Waals surface area contributed by atoms with Crippen LogP contribution in [0.1, 0.15) is 51.0 Å². The van der Waals surface area contributed by atoms with Crippen LogP contribution in [0.15, 0.2) is 41.6 Å². The molecule has 0 amide bonds. The van der Waals surface area contributed by atoms with Gasteiger partial charge in [0.15, 0.2) is 0 Å². The maximum absolute atomic E-state index is 11.6. The molecule has 0 saturated heterocycles. The summed E-state index contributed by atoms with van der Waals surface area (Å²) in [6.07, 6.45) is 13.3. The molecule has 2 saturated carbocycles. The molecule has 35 heavy (non-hydrogen) atoms. The van der Waals surface area contributed by atoms with Gasteiger partial charge in [-0.05, 0) is 44.9 Å². The van der Waals surface area contributed by atoms with E-state index in [1.807, 2.05) is 25.6 Å². The van der Waals surface area contributed by atoms with Crippen molar-refractivity contribution < 1.29 is 4.74 Å². The zero-order chi connectivity index (χ0) is 23.9. The first-order valence-electron chi connectivity index (χ1n) is 12.4. The molecule has 0 radical (unpaired) electrons. The van der Waals surface area contributed by atoms with Crippen molar-refractivity contribution in [3.8, 4) is 17.1 Å². The molecule has 0 bridgehead atoms. The maximum Gasteiger partial charge on any atom is 0.266 e. The van der Waals surface area contributed by atoms with Crippen LogP contribution in [0.2, 0.25) is 0 Å². The summed E-state index contributed by atoms with van der Waals surface area (Å²) in [5.74, 6) is 1.41. The number of hydrogen-bond donors (Lipinski definition) is 1. The van der Waals surface area contributed by atoms with Crippen LogP contribution >= 0.6 is 0 Å². The quantitative estimate of drug-likeness (QED) is 0.456. The van der Waals surface area contributed by atoms with Gasteiger partial charge in [-0.25, -0.2) is 9.67 Å². The number of nitrogens with one attached hydrogen (secondary N) is 1. The number of pyridine rings is 1. The molecule has 0 atom stereocenters. The summed E-state index contributed by atoms with van der Waals surface area (Å²) in [7, 11) is 3.56. The topological polar surface area (TPSA) is 105 Å². The van der Waals surface area contributed by atoms with E-state index in [9.17, 15) is 4.79 Å². The van der Waals surface area contributed by atoms with Crippen LogP contribution in [0.25, 0.3) is 22.2 Å². The molecule has 0 unspecified atom stereocenters. The number of aryl methyl sites for hydroxylation is 2. The molecule has 2 aliphatic carbocycles. The summed E-state index contributed by atoms with van der Waals surface area (Å²) in [5, 5.41) is 18.3. The fourth-order valence-corrected chi connectivity index (χ4v) is 5.03. The van der Waals surface area contributed by atoms with E-state index in [0.29, 0.717) is 11.9 Å². The lowest BCUT2D eigenvalue weighted by atomic mass is 9.93. The Labute approximate surface area is 202 Å². The zero-order valence-electron chi connectivity index (χ0n) is 20.1. The molecular weight excluding hydrogens is 444 g/mol. The van der Waals surface area contributed by atoms with Gasteiger partial charge in [0.05, 0.1) is 17.8 Å². The molecule has 182 valence electrons. The molecule has 4 heterocycles. The molecular formula is C25H30N8O2. The first kappa shape index (κ1) is 21.8. The minimum absolute atomic E-state index is 0.0772. The van der Waals surface area contributed by atoms with Gasteiger partial charge in [-0.15, -0.1) is 5.10 Å². The highest BCUT2D eigenvalue weighted by atomic mass is 16.5. The third kappa shape index (κ3) is 4.28. The van der Waals surface area contributed by atoms with Crippen LogP contribution in [-0.4, -0.2) is 46.5 Å². The Morgan fingerprint density at radius 1 is 1.03 bits per heavy atom. The largest absolute Gasteiger partial charge is 0.473 e. The Kier molecular flexibility index (Phi) is 5.50. The number of fused-ring (bicyclic) bond motifs is 1. The van der Waals surface area contributed by atoms with Crippen molar-refractivity contribution in [1.82, 2.24) is 34.3 Å². The molecule has 0 spiro atoms. The summed E-state index contributed by atoms with van der Waals surface area (Å²) >= 11 is 0. The Hall–Kier alpha value is -3.69. The SMILES string of the molecule is Cn1cc(-c2nn(C3CCC(Oc4ccc(=O)n(C)n4)CC3)c3cc(NC4CCC4)ncc23)cn1. The van der Waals surface area contributed by atoms with Crippen molar-refractivity contribution in [2.45, 2.75) is 63.1 Å².